The van der Waals surface area contributed by atoms with E-state index < -0.39 is 5.60 Å². The van der Waals surface area contributed by atoms with Crippen LogP contribution in [0.15, 0.2) is 60.7 Å². The summed E-state index contributed by atoms with van der Waals surface area (Å²) in [6.07, 6.45) is 9.76. The Morgan fingerprint density at radius 2 is 1.17 bits per heavy atom. The molecule has 3 aromatic rings. The first-order valence-corrected chi connectivity index (χ1v) is 13.6. The van der Waals surface area contributed by atoms with Crippen molar-refractivity contribution < 1.29 is 35.1 Å². The highest BCUT2D eigenvalue weighted by Gasteiger charge is 2.20. The lowest BCUT2D eigenvalue weighted by Crippen LogP contribution is -2.23. The van der Waals surface area contributed by atoms with Gasteiger partial charge in [-0.1, -0.05) is 62.4 Å². The summed E-state index contributed by atoms with van der Waals surface area (Å²) in [4.78, 5) is 10.7. The topological polar surface area (TPSA) is 127 Å². The van der Waals surface area contributed by atoms with Crippen LogP contribution in [0.25, 0.3) is 34.4 Å². The highest BCUT2D eigenvalue weighted by atomic mass is 16.5. The van der Waals surface area contributed by atoms with Gasteiger partial charge in [0.2, 0.25) is 0 Å². The average molecular weight is 561 g/mol. The van der Waals surface area contributed by atoms with Crippen LogP contribution in [0.4, 0.5) is 0 Å². The van der Waals surface area contributed by atoms with Crippen LogP contribution in [0.3, 0.4) is 0 Å². The van der Waals surface area contributed by atoms with Crippen molar-refractivity contribution >= 4 is 18.6 Å². The molecule has 0 aliphatic carbocycles. The number of hydrogen-bond donors (Lipinski definition) is 5. The van der Waals surface area contributed by atoms with Gasteiger partial charge in [-0.2, -0.15) is 0 Å². The molecule has 0 bridgehead atoms. The molecule has 0 spiro atoms. The number of aromatic hydroxyl groups is 4. The summed E-state index contributed by atoms with van der Waals surface area (Å²) in [7, 11) is 0. The van der Waals surface area contributed by atoms with Crippen molar-refractivity contribution in [1.29, 1.82) is 0 Å². The fourth-order valence-corrected chi connectivity index (χ4v) is 4.49. The van der Waals surface area contributed by atoms with E-state index in [1.165, 1.54) is 24.3 Å². The summed E-state index contributed by atoms with van der Waals surface area (Å²) >= 11 is 0. The molecule has 0 amide bonds. The van der Waals surface area contributed by atoms with E-state index in [1.807, 2.05) is 39.8 Å². The molecule has 5 N–H and O–H groups in total. The largest absolute Gasteiger partial charge is 0.508 e. The zero-order valence-corrected chi connectivity index (χ0v) is 24.1. The summed E-state index contributed by atoms with van der Waals surface area (Å²) in [6, 6.07) is 13.0. The van der Waals surface area contributed by atoms with Crippen LogP contribution in [0.1, 0.15) is 64.5 Å². The summed E-state index contributed by atoms with van der Waals surface area (Å²) in [5, 5.41) is 52.9. The first-order valence-electron chi connectivity index (χ1n) is 13.6. The maximum atomic E-state index is 11.2. The lowest BCUT2D eigenvalue weighted by atomic mass is 9.88. The Morgan fingerprint density at radius 1 is 0.707 bits per heavy atom. The van der Waals surface area contributed by atoms with Crippen LogP contribution in [-0.4, -0.2) is 44.2 Å². The van der Waals surface area contributed by atoms with E-state index in [-0.39, 0.29) is 35.0 Å². The first kappa shape index (κ1) is 31.3. The lowest BCUT2D eigenvalue weighted by Gasteiger charge is -2.21. The fourth-order valence-electron chi connectivity index (χ4n) is 4.49. The Balaban J connectivity index is 1.98. The number of phenolic OH excluding ortho intramolecular Hbond substituents is 4. The Bertz CT molecular complexity index is 1420. The molecule has 3 aromatic carbocycles. The van der Waals surface area contributed by atoms with Gasteiger partial charge in [0, 0.05) is 28.9 Å². The zero-order valence-electron chi connectivity index (χ0n) is 24.1. The van der Waals surface area contributed by atoms with Gasteiger partial charge in [-0.25, -0.2) is 0 Å². The maximum Gasteiger partial charge on any atom is 0.293 e. The van der Waals surface area contributed by atoms with Gasteiger partial charge in [-0.15, -0.1) is 0 Å². The van der Waals surface area contributed by atoms with Gasteiger partial charge in [-0.05, 0) is 80.3 Å². The third-order valence-corrected chi connectivity index (χ3v) is 7.05. The molecule has 0 heterocycles. The van der Waals surface area contributed by atoms with Crippen molar-refractivity contribution in [3.63, 3.8) is 0 Å². The van der Waals surface area contributed by atoms with Gasteiger partial charge >= 0.3 is 0 Å². The molecular formula is C34H40O7. The zero-order chi connectivity index (χ0) is 30.2. The molecule has 7 heteroatoms. The number of hydrogen-bond acceptors (Lipinski definition) is 7. The Kier molecular flexibility index (Phi) is 10.2. The van der Waals surface area contributed by atoms with Gasteiger partial charge in [0.1, 0.15) is 28.6 Å². The number of phenols is 4. The molecule has 0 atom stereocenters. The third kappa shape index (κ3) is 8.38. The molecule has 0 aliphatic rings. The number of carbonyl (C=O) groups is 1. The van der Waals surface area contributed by atoms with Crippen LogP contribution in [0.2, 0.25) is 0 Å². The molecule has 41 heavy (non-hydrogen) atoms. The minimum absolute atomic E-state index is 0.0341. The van der Waals surface area contributed by atoms with Gasteiger partial charge in [0.15, 0.2) is 0 Å². The van der Waals surface area contributed by atoms with Crippen molar-refractivity contribution in [3.8, 4) is 45.3 Å². The van der Waals surface area contributed by atoms with E-state index in [1.54, 1.807) is 36.4 Å². The van der Waals surface area contributed by atoms with E-state index in [2.05, 4.69) is 0 Å². The molecule has 3 rings (SSSR count). The molecule has 0 aromatic heterocycles. The number of aliphatic hydroxyl groups excluding tert-OH is 1. The summed E-state index contributed by atoms with van der Waals surface area (Å²) < 4.78 is 5.07. The fraction of sp³-hybridized carbons (Fsp3) is 0.324. The molecular weight excluding hydrogens is 520 g/mol. The Labute approximate surface area is 241 Å². The van der Waals surface area contributed by atoms with E-state index in [0.717, 1.165) is 6.42 Å². The second kappa shape index (κ2) is 13.4. The van der Waals surface area contributed by atoms with Crippen molar-refractivity contribution in [2.45, 2.75) is 59.0 Å². The predicted molar refractivity (Wildman–Crippen MR) is 163 cm³/mol. The van der Waals surface area contributed by atoms with Gasteiger partial charge in [0.25, 0.3) is 6.47 Å². The SMILES string of the molecule is CC(C)(CO)CC/C=C/c1cc(O)cc(-c2ccccc2-c2cc(O)cc(/C=C/CCC(C)(C)OC=O)c2O)c1O. The number of ether oxygens (including phenoxy) is 1. The van der Waals surface area contributed by atoms with Crippen molar-refractivity contribution in [1.82, 2.24) is 0 Å². The van der Waals surface area contributed by atoms with Crippen molar-refractivity contribution in [2.24, 2.45) is 5.41 Å². The molecule has 0 unspecified atom stereocenters. The third-order valence-electron chi connectivity index (χ3n) is 7.05. The van der Waals surface area contributed by atoms with Crippen LogP contribution in [-0.2, 0) is 9.53 Å². The average Bonchev–Trinajstić information content (AvgIpc) is 2.92. The summed E-state index contributed by atoms with van der Waals surface area (Å²) in [6.45, 7) is 8.08. The molecule has 0 saturated heterocycles. The number of aliphatic hydroxyl groups is 1. The number of allylic oxidation sites excluding steroid dienone is 2. The van der Waals surface area contributed by atoms with Crippen LogP contribution >= 0.6 is 0 Å². The first-order chi connectivity index (χ1) is 19.4. The minimum atomic E-state index is -0.621. The minimum Gasteiger partial charge on any atom is -0.508 e. The van der Waals surface area contributed by atoms with E-state index >= 15 is 0 Å². The van der Waals surface area contributed by atoms with E-state index in [9.17, 15) is 30.3 Å². The number of carbonyl (C=O) groups excluding carboxylic acids is 1. The highest BCUT2D eigenvalue weighted by Crippen LogP contribution is 2.45. The molecule has 218 valence electrons. The van der Waals surface area contributed by atoms with Crippen molar-refractivity contribution in [2.75, 3.05) is 6.61 Å². The Morgan fingerprint density at radius 3 is 1.61 bits per heavy atom. The van der Waals surface area contributed by atoms with E-state index in [0.29, 0.717) is 59.1 Å². The molecule has 0 radical (unpaired) electrons. The monoisotopic (exact) mass is 560 g/mol. The smallest absolute Gasteiger partial charge is 0.293 e. The second-order valence-electron chi connectivity index (χ2n) is 11.6. The van der Waals surface area contributed by atoms with E-state index in [4.69, 9.17) is 4.74 Å². The van der Waals surface area contributed by atoms with Crippen LogP contribution in [0.5, 0.6) is 23.0 Å². The predicted octanol–water partition coefficient (Wildman–Crippen LogP) is 7.40. The maximum absolute atomic E-state index is 11.2. The van der Waals surface area contributed by atoms with Crippen LogP contribution < -0.4 is 0 Å². The lowest BCUT2D eigenvalue weighted by molar-refractivity contribution is -0.140. The number of benzene rings is 3. The molecule has 0 fully saturated rings. The molecule has 0 saturated carbocycles. The molecule has 7 nitrogen and oxygen atoms in total. The second-order valence-corrected chi connectivity index (χ2v) is 11.6. The van der Waals surface area contributed by atoms with Gasteiger partial charge in [-0.3, -0.25) is 4.79 Å². The summed E-state index contributed by atoms with van der Waals surface area (Å²) in [5.74, 6) is -0.173. The normalized spacial score (nSPS) is 12.3. The van der Waals surface area contributed by atoms with Crippen molar-refractivity contribution in [3.05, 3.63) is 71.8 Å². The quantitative estimate of drug-likeness (QED) is 0.109. The highest BCUT2D eigenvalue weighted by molar-refractivity contribution is 5.91. The van der Waals surface area contributed by atoms with Gasteiger partial charge in [0.05, 0.1) is 0 Å². The standard InChI is InChI=1S/C34H40O7/c1-33(2,21-35)15-9-7-11-23-17-25(37)19-29(31(23)39)27-13-5-6-14-28(27)30-20-26(38)18-24(32(30)40)12-8-10-16-34(3,4)41-22-36/h5-8,11-14,17-20,22,35,37-40H,9-10,15-16,21H2,1-4H3/b11-7+,12-8+. The van der Waals surface area contributed by atoms with Gasteiger partial charge < -0.3 is 30.3 Å². The van der Waals surface area contributed by atoms with Crippen LogP contribution in [0, 0.1) is 5.41 Å². The summed E-state index contributed by atoms with van der Waals surface area (Å²) in [5.41, 5.74) is 1.83. The molecule has 0 aliphatic heterocycles. The Hall–Kier alpha value is -4.23. The number of rotatable bonds is 13.